The van der Waals surface area contributed by atoms with Crippen LogP contribution in [0.25, 0.3) is 0 Å². The fourth-order valence-electron chi connectivity index (χ4n) is 6.14. The van der Waals surface area contributed by atoms with Crippen LogP contribution in [0.3, 0.4) is 0 Å². The number of carbonyl (C=O) groups is 1. The summed E-state index contributed by atoms with van der Waals surface area (Å²) >= 11 is 0. The molecule has 7 heteroatoms. The second kappa shape index (κ2) is 5.44. The van der Waals surface area contributed by atoms with E-state index in [-0.39, 0.29) is 0 Å². The summed E-state index contributed by atoms with van der Waals surface area (Å²) in [7, 11) is 0. The number of alkyl halides is 5. The molecule has 0 N–H and O–H groups in total. The quantitative estimate of drug-likeness (QED) is 0.382. The van der Waals surface area contributed by atoms with Crippen molar-refractivity contribution in [1.82, 2.24) is 0 Å². The largest absolute Gasteiger partial charge is 0.456 e. The Balaban J connectivity index is 1.57. The first-order chi connectivity index (χ1) is 12.0. The van der Waals surface area contributed by atoms with Gasteiger partial charge in [-0.25, -0.2) is 26.7 Å². The topological polar surface area (TPSA) is 26.3 Å². The normalized spacial score (nSPS) is 41.7. The third kappa shape index (κ3) is 2.44. The standard InChI is InChI=1S/C19H23F5O2/c1-11(19(24)17(20,21)3-2-4-18(19,22)23)15(25)26-16-8-12-5-13(9-16)7-14(6-12)10-16/h12-14H,1-10H2. The Morgan fingerprint density at radius 3 is 1.69 bits per heavy atom. The number of hydrogen-bond acceptors (Lipinski definition) is 2. The van der Waals surface area contributed by atoms with Crippen molar-refractivity contribution in [3.63, 3.8) is 0 Å². The monoisotopic (exact) mass is 378 g/mol. The Morgan fingerprint density at radius 2 is 1.27 bits per heavy atom. The predicted molar refractivity (Wildman–Crippen MR) is 83.7 cm³/mol. The highest BCUT2D eigenvalue weighted by atomic mass is 19.3. The second-order valence-corrected chi connectivity index (χ2v) is 8.89. The summed E-state index contributed by atoms with van der Waals surface area (Å²) in [5, 5.41) is 0. The van der Waals surface area contributed by atoms with Gasteiger partial charge in [0.2, 0.25) is 0 Å². The number of esters is 1. The molecule has 0 aromatic heterocycles. The van der Waals surface area contributed by atoms with Gasteiger partial charge in [0.25, 0.3) is 17.5 Å². The molecule has 0 atom stereocenters. The molecule has 0 aromatic carbocycles. The molecule has 0 amide bonds. The SMILES string of the molecule is C=C(C(=O)OC12CC3CC(CC(C3)C1)C2)C1(F)C(F)(F)CCCC1(F)F. The van der Waals surface area contributed by atoms with Crippen LogP contribution in [-0.4, -0.2) is 29.1 Å². The zero-order valence-electron chi connectivity index (χ0n) is 14.5. The summed E-state index contributed by atoms with van der Waals surface area (Å²) in [6, 6.07) is 0. The second-order valence-electron chi connectivity index (χ2n) is 8.89. The van der Waals surface area contributed by atoms with Crippen molar-refractivity contribution in [1.29, 1.82) is 0 Å². The van der Waals surface area contributed by atoms with E-state index in [1.807, 2.05) is 0 Å². The molecule has 5 aliphatic rings. The average molecular weight is 378 g/mol. The molecule has 0 radical (unpaired) electrons. The van der Waals surface area contributed by atoms with Crippen molar-refractivity contribution in [3.05, 3.63) is 12.2 Å². The third-order valence-electron chi connectivity index (χ3n) is 6.94. The van der Waals surface area contributed by atoms with Gasteiger partial charge in [0, 0.05) is 12.8 Å². The Labute approximate surface area is 149 Å². The first-order valence-corrected chi connectivity index (χ1v) is 9.35. The highest BCUT2D eigenvalue weighted by Gasteiger charge is 2.74. The van der Waals surface area contributed by atoms with Gasteiger partial charge in [0.05, 0.1) is 5.57 Å². The van der Waals surface area contributed by atoms with Gasteiger partial charge in [-0.3, -0.25) is 0 Å². The molecule has 5 saturated carbocycles. The van der Waals surface area contributed by atoms with E-state index in [2.05, 4.69) is 6.58 Å². The molecule has 5 aliphatic carbocycles. The van der Waals surface area contributed by atoms with Crippen molar-refractivity contribution >= 4 is 5.97 Å². The van der Waals surface area contributed by atoms with Gasteiger partial charge >= 0.3 is 5.97 Å². The zero-order valence-corrected chi connectivity index (χ0v) is 14.5. The van der Waals surface area contributed by atoms with Gasteiger partial charge in [-0.2, -0.15) is 0 Å². The number of carbonyl (C=O) groups excluding carboxylic acids is 1. The molecule has 0 aromatic rings. The molecule has 5 fully saturated rings. The molecule has 0 saturated heterocycles. The number of ether oxygens (including phenoxy) is 1. The van der Waals surface area contributed by atoms with Crippen molar-refractivity contribution in [2.75, 3.05) is 0 Å². The Hall–Kier alpha value is -1.14. The van der Waals surface area contributed by atoms with Gasteiger partial charge < -0.3 is 4.74 Å². The van der Waals surface area contributed by atoms with E-state index in [9.17, 15) is 22.4 Å². The van der Waals surface area contributed by atoms with Gasteiger partial charge in [0.1, 0.15) is 5.60 Å². The average Bonchev–Trinajstić information content (AvgIpc) is 2.49. The van der Waals surface area contributed by atoms with E-state index in [1.165, 1.54) is 0 Å². The highest BCUT2D eigenvalue weighted by molar-refractivity contribution is 5.91. The highest BCUT2D eigenvalue weighted by Crippen LogP contribution is 2.59. The molecule has 0 aliphatic heterocycles. The van der Waals surface area contributed by atoms with Gasteiger partial charge in [-0.1, -0.05) is 6.58 Å². The maximum atomic E-state index is 15.0. The maximum Gasteiger partial charge on any atom is 0.337 e. The molecule has 4 bridgehead atoms. The minimum absolute atomic E-state index is 0.402. The number of rotatable bonds is 3. The Kier molecular flexibility index (Phi) is 3.82. The lowest BCUT2D eigenvalue weighted by Crippen LogP contribution is -2.62. The number of hydrogen-bond donors (Lipinski definition) is 0. The molecule has 146 valence electrons. The molecule has 26 heavy (non-hydrogen) atoms. The minimum atomic E-state index is -4.39. The summed E-state index contributed by atoms with van der Waals surface area (Å²) < 4.78 is 77.0. The van der Waals surface area contributed by atoms with Crippen molar-refractivity contribution < 1.29 is 31.5 Å². The van der Waals surface area contributed by atoms with Gasteiger partial charge in [-0.05, 0) is 62.7 Å². The molecule has 0 heterocycles. The van der Waals surface area contributed by atoms with Crippen LogP contribution in [0.2, 0.25) is 0 Å². The summed E-state index contributed by atoms with van der Waals surface area (Å²) in [5.74, 6) is -8.94. The van der Waals surface area contributed by atoms with Gasteiger partial charge in [-0.15, -0.1) is 0 Å². The van der Waals surface area contributed by atoms with E-state index in [1.54, 1.807) is 0 Å². The van der Waals surface area contributed by atoms with E-state index >= 15 is 4.39 Å². The van der Waals surface area contributed by atoms with Crippen LogP contribution in [0, 0.1) is 17.8 Å². The number of halogens is 5. The van der Waals surface area contributed by atoms with Crippen molar-refractivity contribution in [2.24, 2.45) is 17.8 Å². The van der Waals surface area contributed by atoms with E-state index in [0.29, 0.717) is 37.0 Å². The smallest absolute Gasteiger partial charge is 0.337 e. The molecular weight excluding hydrogens is 355 g/mol. The van der Waals surface area contributed by atoms with Crippen LogP contribution in [-0.2, 0) is 9.53 Å². The summed E-state index contributed by atoms with van der Waals surface area (Å²) in [4.78, 5) is 12.5. The lowest BCUT2D eigenvalue weighted by atomic mass is 9.54. The van der Waals surface area contributed by atoms with Crippen molar-refractivity contribution in [3.8, 4) is 0 Å². The van der Waals surface area contributed by atoms with Crippen LogP contribution in [0.15, 0.2) is 12.2 Å². The lowest BCUT2D eigenvalue weighted by Gasteiger charge is -2.56. The molecular formula is C19H23F5O2. The van der Waals surface area contributed by atoms with Crippen LogP contribution in [0.5, 0.6) is 0 Å². The zero-order chi connectivity index (χ0) is 19.0. The Morgan fingerprint density at radius 1 is 0.846 bits per heavy atom. The van der Waals surface area contributed by atoms with E-state index in [4.69, 9.17) is 4.74 Å². The van der Waals surface area contributed by atoms with Crippen LogP contribution < -0.4 is 0 Å². The van der Waals surface area contributed by atoms with Crippen LogP contribution in [0.4, 0.5) is 22.0 Å². The maximum absolute atomic E-state index is 15.0. The summed E-state index contributed by atoms with van der Waals surface area (Å²) in [5.41, 5.74) is -6.66. The molecule has 2 nitrogen and oxygen atoms in total. The van der Waals surface area contributed by atoms with E-state index < -0.39 is 53.9 Å². The van der Waals surface area contributed by atoms with Crippen LogP contribution in [0.1, 0.15) is 57.8 Å². The minimum Gasteiger partial charge on any atom is -0.456 e. The summed E-state index contributed by atoms with van der Waals surface area (Å²) in [6.45, 7) is 3.03. The third-order valence-corrected chi connectivity index (χ3v) is 6.94. The molecule has 0 spiro atoms. The predicted octanol–water partition coefficient (Wildman–Crippen LogP) is 5.22. The van der Waals surface area contributed by atoms with Crippen molar-refractivity contribution in [2.45, 2.75) is 80.9 Å². The Bertz CT molecular complexity index is 591. The fraction of sp³-hybridized carbons (Fsp3) is 0.842. The summed E-state index contributed by atoms with van der Waals surface area (Å²) in [6.07, 6.45) is 2.38. The first kappa shape index (κ1) is 18.2. The molecule has 5 rings (SSSR count). The molecule has 0 unspecified atom stereocenters. The van der Waals surface area contributed by atoms with Crippen LogP contribution >= 0.6 is 0 Å². The fourth-order valence-corrected chi connectivity index (χ4v) is 6.14. The van der Waals surface area contributed by atoms with Gasteiger partial charge in [0.15, 0.2) is 0 Å². The van der Waals surface area contributed by atoms with E-state index in [0.717, 1.165) is 19.3 Å². The lowest BCUT2D eigenvalue weighted by molar-refractivity contribution is -0.257. The first-order valence-electron chi connectivity index (χ1n) is 9.35.